The third-order valence-corrected chi connectivity index (χ3v) is 4.50. The molecule has 1 aliphatic carbocycles. The van der Waals surface area contributed by atoms with Gasteiger partial charge >= 0.3 is 6.18 Å². The van der Waals surface area contributed by atoms with Crippen molar-refractivity contribution in [3.8, 4) is 5.75 Å². The molecule has 0 heterocycles. The monoisotopic (exact) mass is 373 g/mol. The zero-order valence-corrected chi connectivity index (χ0v) is 15.2. The molecular formula is C19H26F3NO3. The molecule has 0 aromatic heterocycles. The number of halogens is 3. The maximum absolute atomic E-state index is 13.3. The van der Waals surface area contributed by atoms with E-state index in [0.717, 1.165) is 31.7 Å². The van der Waals surface area contributed by atoms with Gasteiger partial charge in [-0.05, 0) is 44.4 Å². The van der Waals surface area contributed by atoms with Gasteiger partial charge < -0.3 is 14.8 Å². The van der Waals surface area contributed by atoms with Crippen LogP contribution in [0.3, 0.4) is 0 Å². The summed E-state index contributed by atoms with van der Waals surface area (Å²) in [5.74, 6) is -0.615. The van der Waals surface area contributed by atoms with Crippen molar-refractivity contribution in [1.82, 2.24) is 0 Å². The molecular weight excluding hydrogens is 347 g/mol. The van der Waals surface area contributed by atoms with Crippen LogP contribution in [0.15, 0.2) is 18.2 Å². The third kappa shape index (κ3) is 4.90. The number of anilines is 1. The molecule has 7 heteroatoms. The van der Waals surface area contributed by atoms with Gasteiger partial charge in [-0.3, -0.25) is 4.79 Å². The summed E-state index contributed by atoms with van der Waals surface area (Å²) in [5, 5.41) is 2.62. The van der Waals surface area contributed by atoms with Gasteiger partial charge in [0.1, 0.15) is 11.4 Å². The second kappa shape index (κ2) is 8.75. The van der Waals surface area contributed by atoms with Crippen LogP contribution in [0.1, 0.15) is 57.9 Å². The summed E-state index contributed by atoms with van der Waals surface area (Å²) in [6.45, 7) is 4.15. The van der Waals surface area contributed by atoms with Crippen molar-refractivity contribution in [1.29, 1.82) is 0 Å². The van der Waals surface area contributed by atoms with Gasteiger partial charge in [-0.25, -0.2) is 0 Å². The number of hydrogen-bond acceptors (Lipinski definition) is 3. The van der Waals surface area contributed by atoms with Crippen LogP contribution in [0.2, 0.25) is 0 Å². The molecule has 1 aliphatic rings. The normalized spacial score (nSPS) is 17.0. The van der Waals surface area contributed by atoms with E-state index in [0.29, 0.717) is 19.4 Å². The average Bonchev–Trinajstić information content (AvgIpc) is 2.61. The molecule has 2 rings (SSSR count). The maximum atomic E-state index is 13.3. The average molecular weight is 373 g/mol. The van der Waals surface area contributed by atoms with Crippen molar-refractivity contribution >= 4 is 11.6 Å². The summed E-state index contributed by atoms with van der Waals surface area (Å²) in [5.41, 5.74) is -1.76. The molecule has 26 heavy (non-hydrogen) atoms. The van der Waals surface area contributed by atoms with E-state index in [-0.39, 0.29) is 24.0 Å². The smallest absolute Gasteiger partial charge is 0.420 e. The maximum Gasteiger partial charge on any atom is 0.420 e. The first kappa shape index (κ1) is 20.6. The van der Waals surface area contributed by atoms with Gasteiger partial charge in [0, 0.05) is 12.3 Å². The van der Waals surface area contributed by atoms with Crippen LogP contribution >= 0.6 is 0 Å². The summed E-state index contributed by atoms with van der Waals surface area (Å²) in [4.78, 5) is 12.8. The number of carbonyl (C=O) groups is 1. The number of nitrogens with one attached hydrogen (secondary N) is 1. The fourth-order valence-electron chi connectivity index (χ4n) is 3.21. The van der Waals surface area contributed by atoms with Gasteiger partial charge in [-0.1, -0.05) is 26.2 Å². The second-order valence-electron chi connectivity index (χ2n) is 6.50. The Morgan fingerprint density at radius 3 is 2.46 bits per heavy atom. The molecule has 0 aliphatic heterocycles. The van der Waals surface area contributed by atoms with Gasteiger partial charge in [-0.15, -0.1) is 0 Å². The molecule has 1 aromatic carbocycles. The summed E-state index contributed by atoms with van der Waals surface area (Å²) in [6.07, 6.45) is 0.154. The molecule has 146 valence electrons. The van der Waals surface area contributed by atoms with Gasteiger partial charge in [0.05, 0.1) is 12.2 Å². The van der Waals surface area contributed by atoms with E-state index in [9.17, 15) is 18.0 Å². The van der Waals surface area contributed by atoms with Crippen molar-refractivity contribution in [2.45, 2.75) is 64.1 Å². The summed E-state index contributed by atoms with van der Waals surface area (Å²) >= 11 is 0. The fourth-order valence-corrected chi connectivity index (χ4v) is 3.21. The minimum absolute atomic E-state index is 0.0934. The lowest BCUT2D eigenvalue weighted by Crippen LogP contribution is -2.47. The van der Waals surface area contributed by atoms with Crippen molar-refractivity contribution in [2.75, 3.05) is 18.5 Å². The van der Waals surface area contributed by atoms with E-state index in [1.165, 1.54) is 12.1 Å². The molecule has 0 spiro atoms. The van der Waals surface area contributed by atoms with Gasteiger partial charge in [0.2, 0.25) is 0 Å². The highest BCUT2D eigenvalue weighted by Crippen LogP contribution is 2.39. The lowest BCUT2D eigenvalue weighted by atomic mass is 9.83. The number of alkyl halides is 3. The Kier molecular flexibility index (Phi) is 6.92. The zero-order chi connectivity index (χ0) is 19.2. The molecule has 1 aromatic rings. The predicted molar refractivity (Wildman–Crippen MR) is 93.3 cm³/mol. The van der Waals surface area contributed by atoms with Crippen molar-refractivity contribution in [3.05, 3.63) is 23.8 Å². The minimum Gasteiger partial charge on any atom is -0.493 e. The molecule has 0 saturated heterocycles. The van der Waals surface area contributed by atoms with Gasteiger partial charge in [0.25, 0.3) is 5.91 Å². The summed E-state index contributed by atoms with van der Waals surface area (Å²) in [6, 6.07) is 3.58. The van der Waals surface area contributed by atoms with E-state index in [2.05, 4.69) is 5.32 Å². The van der Waals surface area contributed by atoms with E-state index < -0.39 is 17.3 Å². The minimum atomic E-state index is -4.56. The lowest BCUT2D eigenvalue weighted by Gasteiger charge is -2.35. The zero-order valence-electron chi connectivity index (χ0n) is 15.2. The lowest BCUT2D eigenvalue weighted by molar-refractivity contribution is -0.146. The number of amides is 1. The Morgan fingerprint density at radius 2 is 1.88 bits per heavy atom. The Hall–Kier alpha value is -1.76. The Morgan fingerprint density at radius 1 is 1.19 bits per heavy atom. The standard InChI is InChI=1S/C19H26F3NO3/c1-3-12-26-18(10-6-5-7-11-18)17(24)23-14-8-9-16(25-4-2)15(13-14)19(20,21)22/h8-9,13H,3-7,10-12H2,1-2H3,(H,23,24). The molecule has 0 unspecified atom stereocenters. The Balaban J connectivity index is 2.23. The first-order valence-electron chi connectivity index (χ1n) is 9.12. The van der Waals surface area contributed by atoms with Gasteiger partial charge in [-0.2, -0.15) is 13.2 Å². The topological polar surface area (TPSA) is 47.6 Å². The number of ether oxygens (including phenoxy) is 2. The van der Waals surface area contributed by atoms with Crippen molar-refractivity contribution in [3.63, 3.8) is 0 Å². The molecule has 1 N–H and O–H groups in total. The quantitative estimate of drug-likeness (QED) is 0.717. The molecule has 4 nitrogen and oxygen atoms in total. The van der Waals surface area contributed by atoms with Gasteiger partial charge in [0.15, 0.2) is 0 Å². The van der Waals surface area contributed by atoms with Crippen LogP contribution in [0, 0.1) is 0 Å². The summed E-state index contributed by atoms with van der Waals surface area (Å²) in [7, 11) is 0. The number of benzene rings is 1. The number of rotatable bonds is 7. The van der Waals surface area contributed by atoms with E-state index in [4.69, 9.17) is 9.47 Å². The molecule has 1 saturated carbocycles. The van der Waals surface area contributed by atoms with Crippen LogP contribution in [-0.4, -0.2) is 24.7 Å². The SMILES string of the molecule is CCCOC1(C(=O)Nc2ccc(OCC)c(C(F)(F)F)c2)CCCCC1. The van der Waals surface area contributed by atoms with Crippen LogP contribution in [0.25, 0.3) is 0 Å². The predicted octanol–water partition coefficient (Wildman–Crippen LogP) is 5.17. The molecule has 0 radical (unpaired) electrons. The van der Waals surface area contributed by atoms with E-state index in [1.54, 1.807) is 6.92 Å². The molecule has 1 amide bonds. The van der Waals surface area contributed by atoms with E-state index in [1.807, 2.05) is 6.92 Å². The molecule has 0 atom stereocenters. The highest BCUT2D eigenvalue weighted by atomic mass is 19.4. The Labute approximate surface area is 152 Å². The van der Waals surface area contributed by atoms with Crippen LogP contribution in [0.4, 0.5) is 18.9 Å². The number of carbonyl (C=O) groups excluding carboxylic acids is 1. The second-order valence-corrected chi connectivity index (χ2v) is 6.50. The highest BCUT2D eigenvalue weighted by Gasteiger charge is 2.41. The van der Waals surface area contributed by atoms with Crippen LogP contribution < -0.4 is 10.1 Å². The fraction of sp³-hybridized carbons (Fsp3) is 0.632. The molecule has 1 fully saturated rings. The van der Waals surface area contributed by atoms with Crippen molar-refractivity contribution < 1.29 is 27.4 Å². The van der Waals surface area contributed by atoms with E-state index >= 15 is 0 Å². The molecule has 0 bridgehead atoms. The van der Waals surface area contributed by atoms with Crippen LogP contribution in [0.5, 0.6) is 5.75 Å². The highest BCUT2D eigenvalue weighted by molar-refractivity contribution is 5.97. The first-order valence-corrected chi connectivity index (χ1v) is 9.12. The van der Waals surface area contributed by atoms with Crippen molar-refractivity contribution in [2.24, 2.45) is 0 Å². The summed E-state index contributed by atoms with van der Waals surface area (Å²) < 4.78 is 50.7. The number of hydrogen-bond donors (Lipinski definition) is 1. The van der Waals surface area contributed by atoms with Crippen LogP contribution in [-0.2, 0) is 15.7 Å². The Bertz CT molecular complexity index is 611. The first-order chi connectivity index (χ1) is 12.3. The largest absolute Gasteiger partial charge is 0.493 e. The third-order valence-electron chi connectivity index (χ3n) is 4.50.